The van der Waals surface area contributed by atoms with Crippen molar-refractivity contribution in [2.24, 2.45) is 5.10 Å². The van der Waals surface area contributed by atoms with Crippen molar-refractivity contribution in [2.45, 2.75) is 33.2 Å². The molecular formula is C22H27N3O4. The maximum absolute atomic E-state index is 11.9. The number of nitrogens with zero attached hydrogens (tertiary/aromatic N) is 1. The number of rotatable bonds is 11. The van der Waals surface area contributed by atoms with Crippen LogP contribution >= 0.6 is 0 Å². The minimum atomic E-state index is -0.486. The van der Waals surface area contributed by atoms with Gasteiger partial charge in [0.1, 0.15) is 6.42 Å². The first-order valence-electron chi connectivity index (χ1n) is 9.64. The van der Waals surface area contributed by atoms with Gasteiger partial charge >= 0.3 is 0 Å². The lowest BCUT2D eigenvalue weighted by Gasteiger charge is -2.11. The molecule has 0 aliphatic rings. The Morgan fingerprint density at radius 1 is 1.00 bits per heavy atom. The van der Waals surface area contributed by atoms with E-state index in [1.165, 1.54) is 6.21 Å². The van der Waals surface area contributed by atoms with Crippen LogP contribution in [0.1, 0.15) is 37.8 Å². The predicted octanol–water partition coefficient (Wildman–Crippen LogP) is 3.03. The molecule has 2 aromatic carbocycles. The molecule has 0 unspecified atom stereocenters. The van der Waals surface area contributed by atoms with Crippen molar-refractivity contribution in [3.8, 4) is 11.5 Å². The lowest BCUT2D eigenvalue weighted by Crippen LogP contribution is -2.29. The van der Waals surface area contributed by atoms with Gasteiger partial charge in [0.25, 0.3) is 0 Å². The zero-order chi connectivity index (χ0) is 20.9. The number of nitrogens with one attached hydrogen (secondary N) is 2. The number of amides is 2. The van der Waals surface area contributed by atoms with Crippen LogP contribution in [0, 0.1) is 0 Å². The summed E-state index contributed by atoms with van der Waals surface area (Å²) in [6.45, 7) is 5.43. The van der Waals surface area contributed by atoms with E-state index in [1.807, 2.05) is 50.2 Å². The molecule has 2 amide bonds. The molecule has 154 valence electrons. The molecule has 29 heavy (non-hydrogen) atoms. The summed E-state index contributed by atoms with van der Waals surface area (Å²) in [4.78, 5) is 23.7. The molecule has 7 nitrogen and oxygen atoms in total. The number of carbonyl (C=O) groups is 2. The molecule has 0 saturated carbocycles. The molecule has 0 spiro atoms. The average molecular weight is 397 g/mol. The van der Waals surface area contributed by atoms with E-state index in [-0.39, 0.29) is 12.3 Å². The van der Waals surface area contributed by atoms with Crippen LogP contribution in [0.2, 0.25) is 0 Å². The maximum atomic E-state index is 11.9. The molecule has 2 rings (SSSR count). The van der Waals surface area contributed by atoms with Gasteiger partial charge < -0.3 is 14.8 Å². The van der Waals surface area contributed by atoms with Crippen LogP contribution in [-0.2, 0) is 16.1 Å². The highest BCUT2D eigenvalue weighted by Gasteiger charge is 2.09. The molecule has 2 aromatic rings. The predicted molar refractivity (Wildman–Crippen MR) is 112 cm³/mol. The fourth-order valence-electron chi connectivity index (χ4n) is 2.43. The van der Waals surface area contributed by atoms with E-state index in [9.17, 15) is 9.59 Å². The molecule has 2 N–H and O–H groups in total. The van der Waals surface area contributed by atoms with E-state index in [0.29, 0.717) is 31.3 Å². The highest BCUT2D eigenvalue weighted by atomic mass is 16.5. The number of benzene rings is 2. The summed E-state index contributed by atoms with van der Waals surface area (Å²) in [6.07, 6.45) is 2.10. The minimum Gasteiger partial charge on any atom is -0.490 e. The van der Waals surface area contributed by atoms with Crippen LogP contribution in [0.25, 0.3) is 0 Å². The molecular weight excluding hydrogens is 370 g/mol. The zero-order valence-electron chi connectivity index (χ0n) is 16.8. The van der Waals surface area contributed by atoms with Gasteiger partial charge in [-0.3, -0.25) is 9.59 Å². The second kappa shape index (κ2) is 12.2. The number of hydrogen-bond acceptors (Lipinski definition) is 5. The van der Waals surface area contributed by atoms with Gasteiger partial charge in [-0.15, -0.1) is 0 Å². The molecule has 0 aliphatic carbocycles. The Labute approximate surface area is 171 Å². The fourth-order valence-corrected chi connectivity index (χ4v) is 2.43. The van der Waals surface area contributed by atoms with Crippen LogP contribution in [0.3, 0.4) is 0 Å². The molecule has 0 saturated heterocycles. The van der Waals surface area contributed by atoms with Gasteiger partial charge in [0.2, 0.25) is 11.8 Å². The molecule has 0 atom stereocenters. The third kappa shape index (κ3) is 8.04. The van der Waals surface area contributed by atoms with Crippen molar-refractivity contribution in [3.05, 3.63) is 59.7 Å². The van der Waals surface area contributed by atoms with Gasteiger partial charge in [0, 0.05) is 6.54 Å². The van der Waals surface area contributed by atoms with Crippen LogP contribution in [0.5, 0.6) is 11.5 Å². The first-order chi connectivity index (χ1) is 14.1. The number of hydrogen-bond donors (Lipinski definition) is 2. The fraction of sp³-hybridized carbons (Fsp3) is 0.318. The minimum absolute atomic E-state index is 0.293. The molecule has 0 bridgehead atoms. The number of hydrazone groups is 1. The number of ether oxygens (including phenoxy) is 2. The van der Waals surface area contributed by atoms with Crippen molar-refractivity contribution in [1.82, 2.24) is 10.7 Å². The average Bonchev–Trinajstić information content (AvgIpc) is 2.72. The van der Waals surface area contributed by atoms with Crippen molar-refractivity contribution < 1.29 is 19.1 Å². The molecule has 0 radical (unpaired) electrons. The van der Waals surface area contributed by atoms with Crippen molar-refractivity contribution in [3.63, 3.8) is 0 Å². The largest absolute Gasteiger partial charge is 0.490 e. The Balaban J connectivity index is 1.82. The Kier molecular flexibility index (Phi) is 9.21. The smallest absolute Gasteiger partial charge is 0.249 e. The Morgan fingerprint density at radius 3 is 2.52 bits per heavy atom. The van der Waals surface area contributed by atoms with E-state index in [4.69, 9.17) is 9.47 Å². The van der Waals surface area contributed by atoms with Crippen molar-refractivity contribution in [1.29, 1.82) is 0 Å². The van der Waals surface area contributed by atoms with Crippen molar-refractivity contribution >= 4 is 18.0 Å². The highest BCUT2D eigenvalue weighted by Crippen LogP contribution is 2.28. The summed E-state index contributed by atoms with van der Waals surface area (Å²) >= 11 is 0. The molecule has 0 heterocycles. The van der Waals surface area contributed by atoms with E-state index >= 15 is 0 Å². The lowest BCUT2D eigenvalue weighted by molar-refractivity contribution is -0.129. The standard InChI is InChI=1S/C22H27N3O4/c1-3-12-29-19-11-10-18(13-20(19)28-4-2)16-24-25-22(27)14-21(26)23-15-17-8-6-5-7-9-17/h5-11,13,16H,3-4,12,14-15H2,1-2H3,(H,23,26)(H,25,27)/b24-16+. The Hall–Kier alpha value is -3.35. The SMILES string of the molecule is CCCOc1ccc(/C=N/NC(=O)CC(=O)NCc2ccccc2)cc1OCC. The summed E-state index contributed by atoms with van der Waals surface area (Å²) < 4.78 is 11.2. The summed E-state index contributed by atoms with van der Waals surface area (Å²) in [5, 5.41) is 6.61. The third-order valence-electron chi connectivity index (χ3n) is 3.79. The van der Waals surface area contributed by atoms with E-state index < -0.39 is 5.91 Å². The number of carbonyl (C=O) groups excluding carboxylic acids is 2. The van der Waals surface area contributed by atoms with Crippen LogP contribution in [-0.4, -0.2) is 31.2 Å². The second-order valence-electron chi connectivity index (χ2n) is 6.22. The Bertz CT molecular complexity index is 822. The van der Waals surface area contributed by atoms with Gasteiger partial charge in [-0.2, -0.15) is 5.10 Å². The monoisotopic (exact) mass is 397 g/mol. The van der Waals surface area contributed by atoms with Gasteiger partial charge in [-0.05, 0) is 42.7 Å². The summed E-state index contributed by atoms with van der Waals surface area (Å²) in [7, 11) is 0. The zero-order valence-corrected chi connectivity index (χ0v) is 16.8. The van der Waals surface area contributed by atoms with Gasteiger partial charge in [-0.25, -0.2) is 5.43 Å². The van der Waals surface area contributed by atoms with Gasteiger partial charge in [0.15, 0.2) is 11.5 Å². The molecule has 0 aromatic heterocycles. The normalized spacial score (nSPS) is 10.6. The van der Waals surface area contributed by atoms with Gasteiger partial charge in [-0.1, -0.05) is 37.3 Å². The maximum Gasteiger partial charge on any atom is 0.249 e. The van der Waals surface area contributed by atoms with Crippen LogP contribution in [0.15, 0.2) is 53.6 Å². The Morgan fingerprint density at radius 2 is 1.79 bits per heavy atom. The molecule has 0 aliphatic heterocycles. The summed E-state index contributed by atoms with van der Waals surface area (Å²) in [6, 6.07) is 14.9. The third-order valence-corrected chi connectivity index (χ3v) is 3.79. The summed E-state index contributed by atoms with van der Waals surface area (Å²) in [5.74, 6) is 0.443. The van der Waals surface area contributed by atoms with Gasteiger partial charge in [0.05, 0.1) is 19.4 Å². The quantitative estimate of drug-likeness (QED) is 0.347. The summed E-state index contributed by atoms with van der Waals surface area (Å²) in [5.41, 5.74) is 4.07. The molecule has 7 heteroatoms. The van der Waals surface area contributed by atoms with E-state index in [0.717, 1.165) is 17.5 Å². The van der Waals surface area contributed by atoms with Crippen molar-refractivity contribution in [2.75, 3.05) is 13.2 Å². The molecule has 0 fully saturated rings. The second-order valence-corrected chi connectivity index (χ2v) is 6.22. The van der Waals surface area contributed by atoms with Crippen LogP contribution in [0.4, 0.5) is 0 Å². The van der Waals surface area contributed by atoms with Crippen LogP contribution < -0.4 is 20.2 Å². The first kappa shape index (κ1) is 21.9. The van der Waals surface area contributed by atoms with E-state index in [1.54, 1.807) is 12.1 Å². The van der Waals surface area contributed by atoms with E-state index in [2.05, 4.69) is 15.8 Å². The lowest BCUT2D eigenvalue weighted by atomic mass is 10.2. The first-order valence-corrected chi connectivity index (χ1v) is 9.64. The highest BCUT2D eigenvalue weighted by molar-refractivity contribution is 5.97. The topological polar surface area (TPSA) is 89.0 Å².